The average molecular weight is 268 g/mol. The maximum atomic E-state index is 12.9. The Morgan fingerprint density at radius 2 is 2.00 bits per heavy atom. The molecule has 0 saturated heterocycles. The molecule has 1 heterocycles. The van der Waals surface area contributed by atoms with Crippen molar-refractivity contribution >= 4 is 16.6 Å². The molecule has 2 aromatic rings. The van der Waals surface area contributed by atoms with Gasteiger partial charge in [0.2, 0.25) is 0 Å². The van der Waals surface area contributed by atoms with E-state index < -0.39 is 11.9 Å². The molecule has 1 N–H and O–H groups in total. The number of nitrogens with one attached hydrogen (secondary N) is 1. The smallest absolute Gasteiger partial charge is 0.388 e. The van der Waals surface area contributed by atoms with Crippen LogP contribution in [0, 0.1) is 0 Å². The molecule has 0 aliphatic heterocycles. The zero-order valence-electron chi connectivity index (χ0n) is 10.8. The monoisotopic (exact) mass is 268 g/mol. The Bertz CT molecular complexity index is 591. The van der Waals surface area contributed by atoms with Crippen molar-refractivity contribution in [1.29, 1.82) is 0 Å². The first-order valence-corrected chi connectivity index (χ1v) is 6.15. The number of para-hydroxylation sites is 1. The first-order chi connectivity index (χ1) is 8.97. The van der Waals surface area contributed by atoms with Crippen LogP contribution in [-0.4, -0.2) is 12.0 Å². The minimum Gasteiger partial charge on any atom is -0.388 e. The molecule has 5 heteroatoms. The van der Waals surface area contributed by atoms with E-state index >= 15 is 0 Å². The third kappa shape index (κ3) is 2.64. The number of nitrogens with zero attached hydrogens (tertiary/aromatic N) is 1. The average Bonchev–Trinajstić information content (AvgIpc) is 2.37. The highest BCUT2D eigenvalue weighted by Gasteiger charge is 2.33. The molecule has 2 nitrogen and oxygen atoms in total. The maximum Gasteiger partial charge on any atom is 0.433 e. The Morgan fingerprint density at radius 3 is 2.58 bits per heavy atom. The molecule has 0 radical (unpaired) electrons. The number of halogens is 3. The molecule has 0 fully saturated rings. The first kappa shape index (κ1) is 13.6. The fourth-order valence-corrected chi connectivity index (χ4v) is 2.13. The zero-order chi connectivity index (χ0) is 14.0. The summed E-state index contributed by atoms with van der Waals surface area (Å²) < 4.78 is 38.6. The summed E-state index contributed by atoms with van der Waals surface area (Å²) in [5.41, 5.74) is 0.884. The number of rotatable bonds is 3. The molecule has 2 rings (SSSR count). The molecular formula is C14H15F3N2. The van der Waals surface area contributed by atoms with Gasteiger partial charge in [0.15, 0.2) is 0 Å². The third-order valence-electron chi connectivity index (χ3n) is 3.00. The van der Waals surface area contributed by atoms with Gasteiger partial charge in [0.1, 0.15) is 5.69 Å². The van der Waals surface area contributed by atoms with Crippen molar-refractivity contribution in [1.82, 2.24) is 4.98 Å². The van der Waals surface area contributed by atoms with Gasteiger partial charge in [0, 0.05) is 18.1 Å². The van der Waals surface area contributed by atoms with Crippen LogP contribution < -0.4 is 5.32 Å². The number of aryl methyl sites for hydroxylation is 1. The van der Waals surface area contributed by atoms with Gasteiger partial charge in [-0.15, -0.1) is 0 Å². The van der Waals surface area contributed by atoms with Gasteiger partial charge in [0.05, 0.1) is 5.52 Å². The maximum absolute atomic E-state index is 12.9. The minimum atomic E-state index is -4.43. The summed E-state index contributed by atoms with van der Waals surface area (Å²) in [5.74, 6) is 0. The second kappa shape index (κ2) is 5.07. The second-order valence-electron chi connectivity index (χ2n) is 4.37. The summed E-state index contributed by atoms with van der Waals surface area (Å²) in [4.78, 5) is 3.81. The van der Waals surface area contributed by atoms with E-state index in [0.29, 0.717) is 11.2 Å². The lowest BCUT2D eigenvalue weighted by Crippen LogP contribution is -2.09. The number of alkyl halides is 3. The third-order valence-corrected chi connectivity index (χ3v) is 3.00. The highest BCUT2D eigenvalue weighted by atomic mass is 19.4. The highest BCUT2D eigenvalue weighted by molar-refractivity contribution is 5.93. The van der Waals surface area contributed by atoms with Crippen LogP contribution in [0.3, 0.4) is 0 Å². The Morgan fingerprint density at radius 1 is 1.26 bits per heavy atom. The molecule has 1 aromatic carbocycles. The van der Waals surface area contributed by atoms with Crippen molar-refractivity contribution in [3.05, 3.63) is 35.5 Å². The molecule has 0 unspecified atom stereocenters. The van der Waals surface area contributed by atoms with E-state index in [4.69, 9.17) is 0 Å². The number of fused-ring (bicyclic) bond motifs is 1. The topological polar surface area (TPSA) is 24.9 Å². The lowest BCUT2D eigenvalue weighted by molar-refractivity contribution is -0.140. The van der Waals surface area contributed by atoms with Gasteiger partial charge in [0.25, 0.3) is 0 Å². The van der Waals surface area contributed by atoms with Gasteiger partial charge in [-0.1, -0.05) is 31.5 Å². The van der Waals surface area contributed by atoms with E-state index in [1.807, 2.05) is 19.1 Å². The summed E-state index contributed by atoms with van der Waals surface area (Å²) in [6, 6.07) is 6.52. The standard InChI is InChI=1S/C14H15F3N2/c1-3-5-9-6-4-7-10-11(18-2)8-12(14(15,16)17)19-13(9)10/h4,6-8H,3,5H2,1-2H3,(H,18,19). The van der Waals surface area contributed by atoms with Crippen LogP contribution in [0.4, 0.5) is 18.9 Å². The minimum absolute atomic E-state index is 0.434. The molecule has 0 amide bonds. The number of hydrogen-bond donors (Lipinski definition) is 1. The number of pyridine rings is 1. The summed E-state index contributed by atoms with van der Waals surface area (Å²) in [7, 11) is 1.61. The van der Waals surface area contributed by atoms with Crippen LogP contribution >= 0.6 is 0 Å². The van der Waals surface area contributed by atoms with E-state index in [1.165, 1.54) is 0 Å². The molecule has 0 aliphatic carbocycles. The van der Waals surface area contributed by atoms with Gasteiger partial charge in [-0.3, -0.25) is 0 Å². The second-order valence-corrected chi connectivity index (χ2v) is 4.37. The van der Waals surface area contributed by atoms with Crippen LogP contribution in [0.15, 0.2) is 24.3 Å². The predicted molar refractivity (Wildman–Crippen MR) is 70.3 cm³/mol. The summed E-state index contributed by atoms with van der Waals surface area (Å²) >= 11 is 0. The molecule has 1 aromatic heterocycles. The van der Waals surface area contributed by atoms with E-state index in [0.717, 1.165) is 29.9 Å². The Labute approximate surface area is 109 Å². The fraction of sp³-hybridized carbons (Fsp3) is 0.357. The van der Waals surface area contributed by atoms with Gasteiger partial charge in [-0.25, -0.2) is 4.98 Å². The molecule has 102 valence electrons. The zero-order valence-corrected chi connectivity index (χ0v) is 10.8. The SMILES string of the molecule is CCCc1cccc2c(NC)cc(C(F)(F)F)nc12. The lowest BCUT2D eigenvalue weighted by Gasteiger charge is -2.13. The number of hydrogen-bond acceptors (Lipinski definition) is 2. The van der Waals surface area contributed by atoms with Gasteiger partial charge >= 0.3 is 6.18 Å². The molecule has 0 atom stereocenters. The van der Waals surface area contributed by atoms with Crippen LogP contribution in [0.25, 0.3) is 10.9 Å². The Kier molecular flexibility index (Phi) is 3.64. The van der Waals surface area contributed by atoms with E-state index in [-0.39, 0.29) is 0 Å². The molecule has 0 aliphatic rings. The van der Waals surface area contributed by atoms with Crippen molar-refractivity contribution in [3.8, 4) is 0 Å². The van der Waals surface area contributed by atoms with E-state index in [1.54, 1.807) is 13.1 Å². The number of aromatic nitrogens is 1. The molecular weight excluding hydrogens is 253 g/mol. The fourth-order valence-electron chi connectivity index (χ4n) is 2.13. The molecule has 0 bridgehead atoms. The van der Waals surface area contributed by atoms with Gasteiger partial charge < -0.3 is 5.32 Å². The number of benzene rings is 1. The van der Waals surface area contributed by atoms with Crippen molar-refractivity contribution in [2.24, 2.45) is 0 Å². The Hall–Kier alpha value is -1.78. The lowest BCUT2D eigenvalue weighted by atomic mass is 10.0. The first-order valence-electron chi connectivity index (χ1n) is 6.15. The normalized spacial score (nSPS) is 11.8. The van der Waals surface area contributed by atoms with Crippen LogP contribution in [-0.2, 0) is 12.6 Å². The van der Waals surface area contributed by atoms with Crippen LogP contribution in [0.2, 0.25) is 0 Å². The molecule has 0 spiro atoms. The summed E-state index contributed by atoms with van der Waals surface area (Å²) in [5, 5.41) is 3.54. The van der Waals surface area contributed by atoms with Crippen molar-refractivity contribution in [2.45, 2.75) is 25.9 Å². The quantitative estimate of drug-likeness (QED) is 0.900. The van der Waals surface area contributed by atoms with Crippen molar-refractivity contribution in [2.75, 3.05) is 12.4 Å². The summed E-state index contributed by atoms with van der Waals surface area (Å²) in [6.45, 7) is 1.99. The van der Waals surface area contributed by atoms with Crippen LogP contribution in [0.1, 0.15) is 24.6 Å². The van der Waals surface area contributed by atoms with Gasteiger partial charge in [-0.2, -0.15) is 13.2 Å². The predicted octanol–water partition coefficient (Wildman–Crippen LogP) is 4.25. The summed E-state index contributed by atoms with van der Waals surface area (Å²) in [6.07, 6.45) is -2.85. The molecule has 0 saturated carbocycles. The van der Waals surface area contributed by atoms with Crippen molar-refractivity contribution < 1.29 is 13.2 Å². The number of anilines is 1. The van der Waals surface area contributed by atoms with Gasteiger partial charge in [-0.05, 0) is 18.1 Å². The van der Waals surface area contributed by atoms with E-state index in [2.05, 4.69) is 10.3 Å². The Balaban J connectivity index is 2.74. The van der Waals surface area contributed by atoms with E-state index in [9.17, 15) is 13.2 Å². The largest absolute Gasteiger partial charge is 0.433 e. The van der Waals surface area contributed by atoms with Crippen molar-refractivity contribution in [3.63, 3.8) is 0 Å². The molecule has 19 heavy (non-hydrogen) atoms. The highest BCUT2D eigenvalue weighted by Crippen LogP contribution is 2.34. The van der Waals surface area contributed by atoms with Crippen LogP contribution in [0.5, 0.6) is 0 Å².